The molecule has 1 fully saturated rings. The number of benzene rings is 1. The lowest BCUT2D eigenvalue weighted by atomic mass is 10.2. The highest BCUT2D eigenvalue weighted by atomic mass is 35.5. The number of hydrogen-bond acceptors (Lipinski definition) is 6. The van der Waals surface area contributed by atoms with Gasteiger partial charge in [0.1, 0.15) is 12.2 Å². The van der Waals surface area contributed by atoms with E-state index in [1.165, 1.54) is 4.68 Å². The molecule has 7 nitrogen and oxygen atoms in total. The molecule has 1 aromatic heterocycles. The third-order valence-electron chi connectivity index (χ3n) is 3.42. The highest BCUT2D eigenvalue weighted by Gasteiger charge is 2.34. The van der Waals surface area contributed by atoms with Crippen molar-refractivity contribution in [3.8, 4) is 0 Å². The number of nitrogens with zero attached hydrogens (tertiary/aromatic N) is 2. The average molecular weight is 321 g/mol. The molecule has 0 saturated carbocycles. The van der Waals surface area contributed by atoms with E-state index in [1.54, 1.807) is 12.1 Å². The van der Waals surface area contributed by atoms with Crippen molar-refractivity contribution in [1.82, 2.24) is 26.2 Å². The van der Waals surface area contributed by atoms with Crippen LogP contribution in [0, 0.1) is 13.8 Å². The molecule has 0 amide bonds. The van der Waals surface area contributed by atoms with E-state index >= 15 is 0 Å². The second-order valence-electron chi connectivity index (χ2n) is 5.20. The predicted octanol–water partition coefficient (Wildman–Crippen LogP) is 1.21. The lowest BCUT2D eigenvalue weighted by Crippen LogP contribution is -2.47. The van der Waals surface area contributed by atoms with Crippen LogP contribution in [0.15, 0.2) is 30.3 Å². The van der Waals surface area contributed by atoms with Gasteiger partial charge in [-0.2, -0.15) is 10.6 Å². The fourth-order valence-electron chi connectivity index (χ4n) is 2.43. The molecular formula is C14H17ClN6O. The highest BCUT2D eigenvalue weighted by molar-refractivity contribution is 6.30. The maximum Gasteiger partial charge on any atom is 0.269 e. The Kier molecular flexibility index (Phi) is 4.12. The van der Waals surface area contributed by atoms with Gasteiger partial charge in [-0.05, 0) is 38.1 Å². The van der Waals surface area contributed by atoms with Gasteiger partial charge in [-0.25, -0.2) is 15.5 Å². The molecule has 22 heavy (non-hydrogen) atoms. The van der Waals surface area contributed by atoms with Crippen LogP contribution in [0.25, 0.3) is 0 Å². The van der Waals surface area contributed by atoms with Crippen molar-refractivity contribution in [2.24, 2.45) is 0 Å². The second kappa shape index (κ2) is 6.05. The minimum Gasteiger partial charge on any atom is -0.367 e. The van der Waals surface area contributed by atoms with Gasteiger partial charge in [0.25, 0.3) is 5.91 Å². The zero-order valence-electron chi connectivity index (χ0n) is 12.2. The van der Waals surface area contributed by atoms with Crippen LogP contribution in [0.1, 0.15) is 16.2 Å². The number of rotatable bonds is 3. The summed E-state index contributed by atoms with van der Waals surface area (Å²) in [4.78, 5) is 12.6. The second-order valence-corrected chi connectivity index (χ2v) is 5.64. The first-order valence-electron chi connectivity index (χ1n) is 6.90. The zero-order valence-corrected chi connectivity index (χ0v) is 13.0. The third-order valence-corrected chi connectivity index (χ3v) is 3.65. The van der Waals surface area contributed by atoms with Crippen LogP contribution in [-0.4, -0.2) is 27.9 Å². The van der Waals surface area contributed by atoms with E-state index in [0.29, 0.717) is 5.02 Å². The van der Waals surface area contributed by atoms with E-state index in [0.717, 1.165) is 17.1 Å². The van der Waals surface area contributed by atoms with E-state index in [1.807, 2.05) is 32.0 Å². The van der Waals surface area contributed by atoms with Crippen molar-refractivity contribution in [1.29, 1.82) is 0 Å². The number of aromatic nitrogens is 2. The number of carbonyl (C=O) groups is 1. The molecule has 0 bridgehead atoms. The molecular weight excluding hydrogens is 304 g/mol. The van der Waals surface area contributed by atoms with Gasteiger partial charge in [-0.3, -0.25) is 4.79 Å². The lowest BCUT2D eigenvalue weighted by molar-refractivity contribution is 0.0842. The minimum absolute atomic E-state index is 0.150. The number of nitrogens with one attached hydrogen (secondary N) is 4. The van der Waals surface area contributed by atoms with Crippen LogP contribution in [0.5, 0.6) is 0 Å². The van der Waals surface area contributed by atoms with Gasteiger partial charge in [-0.15, -0.1) is 0 Å². The number of carbonyl (C=O) groups excluding carboxylic acids is 1. The third kappa shape index (κ3) is 2.97. The Balaban J connectivity index is 1.78. The molecule has 116 valence electrons. The molecule has 3 rings (SSSR count). The molecule has 2 heterocycles. The first-order chi connectivity index (χ1) is 10.5. The maximum absolute atomic E-state index is 12.6. The van der Waals surface area contributed by atoms with E-state index < -0.39 is 6.04 Å². The Bertz CT molecular complexity index is 700. The SMILES string of the molecule is Cc1cc(C)n(C(=O)C2NNNC2Nc2cccc(Cl)c2)n1. The van der Waals surface area contributed by atoms with Crippen LogP contribution in [-0.2, 0) is 0 Å². The van der Waals surface area contributed by atoms with Crippen LogP contribution >= 0.6 is 11.6 Å². The van der Waals surface area contributed by atoms with Crippen LogP contribution < -0.4 is 21.7 Å². The summed E-state index contributed by atoms with van der Waals surface area (Å²) < 4.78 is 1.41. The molecule has 0 radical (unpaired) electrons. The van der Waals surface area contributed by atoms with E-state index in [-0.39, 0.29) is 12.1 Å². The molecule has 1 aromatic carbocycles. The van der Waals surface area contributed by atoms with Crippen molar-refractivity contribution in [2.75, 3.05) is 5.32 Å². The van der Waals surface area contributed by atoms with Crippen molar-refractivity contribution in [3.05, 3.63) is 46.7 Å². The normalized spacial score (nSPS) is 21.0. The number of halogens is 1. The summed E-state index contributed by atoms with van der Waals surface area (Å²) in [5.74, 6) is -0.150. The van der Waals surface area contributed by atoms with Crippen LogP contribution in [0.4, 0.5) is 5.69 Å². The Morgan fingerprint density at radius 2 is 2.14 bits per heavy atom. The van der Waals surface area contributed by atoms with Gasteiger partial charge in [0, 0.05) is 16.4 Å². The fraction of sp³-hybridized carbons (Fsp3) is 0.286. The Hall–Kier alpha value is -1.93. The van der Waals surface area contributed by atoms with Gasteiger partial charge in [-0.1, -0.05) is 17.7 Å². The van der Waals surface area contributed by atoms with Crippen molar-refractivity contribution < 1.29 is 4.79 Å². The Morgan fingerprint density at radius 1 is 1.32 bits per heavy atom. The quantitative estimate of drug-likeness (QED) is 0.680. The highest BCUT2D eigenvalue weighted by Crippen LogP contribution is 2.17. The summed E-state index contributed by atoms with van der Waals surface area (Å²) in [6.07, 6.45) is -0.338. The van der Waals surface area contributed by atoms with Gasteiger partial charge < -0.3 is 5.32 Å². The minimum atomic E-state index is -0.517. The monoisotopic (exact) mass is 320 g/mol. The van der Waals surface area contributed by atoms with Crippen molar-refractivity contribution in [3.63, 3.8) is 0 Å². The number of aryl methyl sites for hydroxylation is 2. The van der Waals surface area contributed by atoms with Crippen molar-refractivity contribution >= 4 is 23.2 Å². The lowest BCUT2D eigenvalue weighted by Gasteiger charge is -2.19. The van der Waals surface area contributed by atoms with E-state index in [2.05, 4.69) is 26.8 Å². The van der Waals surface area contributed by atoms with Gasteiger partial charge >= 0.3 is 0 Å². The molecule has 0 aliphatic carbocycles. The van der Waals surface area contributed by atoms with Crippen LogP contribution in [0.3, 0.4) is 0 Å². The first kappa shape index (κ1) is 15.0. The molecule has 2 atom stereocenters. The predicted molar refractivity (Wildman–Crippen MR) is 84.4 cm³/mol. The first-order valence-corrected chi connectivity index (χ1v) is 7.28. The number of hydrazine groups is 2. The topological polar surface area (TPSA) is 83.0 Å². The molecule has 1 saturated heterocycles. The molecule has 2 aromatic rings. The maximum atomic E-state index is 12.6. The smallest absolute Gasteiger partial charge is 0.269 e. The van der Waals surface area contributed by atoms with Crippen molar-refractivity contribution in [2.45, 2.75) is 26.1 Å². The molecule has 0 spiro atoms. The van der Waals surface area contributed by atoms with Gasteiger partial charge in [0.2, 0.25) is 0 Å². The number of hydrogen-bond donors (Lipinski definition) is 4. The summed E-state index contributed by atoms with van der Waals surface area (Å²) >= 11 is 5.98. The van der Waals surface area contributed by atoms with Gasteiger partial charge in [0.15, 0.2) is 0 Å². The van der Waals surface area contributed by atoms with Gasteiger partial charge in [0.05, 0.1) is 5.69 Å². The summed E-state index contributed by atoms with van der Waals surface area (Å²) in [5.41, 5.74) is 11.1. The molecule has 4 N–H and O–H groups in total. The standard InChI is InChI=1S/C14H17ClN6O/c1-8-6-9(2)21(19-8)14(22)12-13(18-20-17-12)16-11-5-3-4-10(15)7-11/h3-7,12-13,16-18,20H,1-2H3. The molecule has 1 aliphatic heterocycles. The summed E-state index contributed by atoms with van der Waals surface area (Å²) in [7, 11) is 0. The Labute approximate surface area is 133 Å². The number of anilines is 1. The summed E-state index contributed by atoms with van der Waals surface area (Å²) in [6, 6.07) is 8.68. The largest absolute Gasteiger partial charge is 0.367 e. The molecule has 1 aliphatic rings. The summed E-state index contributed by atoms with van der Waals surface area (Å²) in [5, 5.41) is 8.09. The fourth-order valence-corrected chi connectivity index (χ4v) is 2.62. The average Bonchev–Trinajstić information content (AvgIpc) is 3.04. The Morgan fingerprint density at radius 3 is 2.82 bits per heavy atom. The molecule has 2 unspecified atom stereocenters. The molecule has 8 heteroatoms. The zero-order chi connectivity index (χ0) is 15.7. The van der Waals surface area contributed by atoms with Crippen LogP contribution in [0.2, 0.25) is 5.02 Å². The summed E-state index contributed by atoms with van der Waals surface area (Å²) in [6.45, 7) is 3.71. The van der Waals surface area contributed by atoms with E-state index in [4.69, 9.17) is 11.6 Å². The van der Waals surface area contributed by atoms with E-state index in [9.17, 15) is 4.79 Å².